The van der Waals surface area contributed by atoms with Crippen molar-refractivity contribution in [3.05, 3.63) is 109 Å². The van der Waals surface area contributed by atoms with Gasteiger partial charge in [0.2, 0.25) is 5.71 Å². The van der Waals surface area contributed by atoms with E-state index in [0.717, 1.165) is 75.3 Å². The predicted molar refractivity (Wildman–Crippen MR) is 189 cm³/mol. The molecule has 1 aliphatic carbocycles. The maximum Gasteiger partial charge on any atom is 0.216 e. The average molecular weight is 805 g/mol. The standard InChI is InChI=1S/C21H28NSi.C19H15N2O.Ir/c1-23(2,3)21-16-22-20(18-12-8-5-9-13-18)15-19(21)14-17-10-6-4-7-11-17;1-12(2)16-10-9-14-13-6-5-7-15(17-8-3-4-11-20-17)18(13)22-19(14)21-16;/h5,8-9,12,15-17H,4,6-7,10-11,14H2,1-3H3;3-6,8-12H,1-2H3;/q2*-1;/i14D2;12D;. The van der Waals surface area contributed by atoms with Crippen molar-refractivity contribution in [3.63, 3.8) is 0 Å². The van der Waals surface area contributed by atoms with Gasteiger partial charge in [0.25, 0.3) is 0 Å². The van der Waals surface area contributed by atoms with Gasteiger partial charge < -0.3 is 14.4 Å². The second kappa shape index (κ2) is 15.0. The second-order valence-electron chi connectivity index (χ2n) is 13.1. The average Bonchev–Trinajstić information content (AvgIpc) is 3.47. The molecule has 0 aliphatic heterocycles. The van der Waals surface area contributed by atoms with Crippen LogP contribution in [0.2, 0.25) is 19.6 Å². The molecule has 0 unspecified atom stereocenters. The summed E-state index contributed by atoms with van der Waals surface area (Å²) in [5.74, 6) is -0.644. The topological polar surface area (TPSA) is 51.8 Å². The second-order valence-corrected chi connectivity index (χ2v) is 18.1. The molecular formula is C40H43IrN3OSi-2. The number of aromatic nitrogens is 3. The molecule has 0 spiro atoms. The summed E-state index contributed by atoms with van der Waals surface area (Å²) in [6, 6.07) is 29.7. The van der Waals surface area contributed by atoms with Crippen molar-refractivity contribution in [1.29, 1.82) is 0 Å². The van der Waals surface area contributed by atoms with E-state index in [1.807, 2.05) is 92.8 Å². The molecule has 7 rings (SSSR count). The van der Waals surface area contributed by atoms with Crippen molar-refractivity contribution in [2.45, 2.75) is 77.9 Å². The maximum absolute atomic E-state index is 8.99. The molecule has 1 radical (unpaired) electrons. The number of pyridine rings is 3. The van der Waals surface area contributed by atoms with Crippen LogP contribution in [-0.4, -0.2) is 23.0 Å². The van der Waals surface area contributed by atoms with Gasteiger partial charge in [-0.15, -0.1) is 54.1 Å². The summed E-state index contributed by atoms with van der Waals surface area (Å²) < 4.78 is 32.1. The molecule has 0 atom stereocenters. The Bertz CT molecular complexity index is 2020. The molecule has 0 bridgehead atoms. The summed E-state index contributed by atoms with van der Waals surface area (Å²) in [5.41, 5.74) is 6.25. The Balaban J connectivity index is 0.000000188. The molecule has 2 aromatic carbocycles. The Hall–Kier alpha value is -3.44. The first-order chi connectivity index (χ1) is 22.8. The summed E-state index contributed by atoms with van der Waals surface area (Å²) >= 11 is 0. The van der Waals surface area contributed by atoms with E-state index in [1.165, 1.54) is 6.42 Å². The summed E-state index contributed by atoms with van der Waals surface area (Å²) in [6.07, 6.45) is 7.94. The maximum atomic E-state index is 8.99. The molecule has 0 N–H and O–H groups in total. The zero-order valence-electron chi connectivity index (χ0n) is 30.3. The Labute approximate surface area is 292 Å². The third-order valence-corrected chi connectivity index (χ3v) is 10.4. The first-order valence-electron chi connectivity index (χ1n) is 17.5. The number of hydrogen-bond acceptors (Lipinski definition) is 4. The number of nitrogens with zero attached hydrogens (tertiary/aromatic N) is 3. The minimum atomic E-state index is -1.69. The number of benzene rings is 2. The van der Waals surface area contributed by atoms with Crippen LogP contribution in [0.1, 0.15) is 67.2 Å². The molecule has 0 saturated heterocycles. The van der Waals surface area contributed by atoms with E-state index in [4.69, 9.17) is 8.53 Å². The molecule has 1 saturated carbocycles. The molecule has 6 heteroatoms. The van der Waals surface area contributed by atoms with Crippen LogP contribution in [0.25, 0.3) is 44.6 Å². The quantitative estimate of drug-likeness (QED) is 0.124. The van der Waals surface area contributed by atoms with Crippen LogP contribution in [0.4, 0.5) is 0 Å². The summed E-state index contributed by atoms with van der Waals surface area (Å²) in [5, 5.41) is 3.09. The molecule has 1 fully saturated rings. The van der Waals surface area contributed by atoms with Crippen LogP contribution in [0.15, 0.2) is 89.6 Å². The van der Waals surface area contributed by atoms with Gasteiger partial charge in [-0.2, -0.15) is 0 Å². The molecule has 6 aromatic rings. The van der Waals surface area contributed by atoms with Crippen LogP contribution in [0.3, 0.4) is 0 Å². The first-order valence-corrected chi connectivity index (χ1v) is 19.5. The van der Waals surface area contributed by atoms with E-state index in [9.17, 15) is 0 Å². The first kappa shape index (κ1) is 29.9. The van der Waals surface area contributed by atoms with Gasteiger partial charge in [-0.1, -0.05) is 100 Å². The minimum absolute atomic E-state index is 0. The molecule has 46 heavy (non-hydrogen) atoms. The Morgan fingerprint density at radius 3 is 2.41 bits per heavy atom. The third-order valence-electron chi connectivity index (χ3n) is 8.39. The fraction of sp³-hybridized carbons (Fsp3) is 0.325. The van der Waals surface area contributed by atoms with Crippen molar-refractivity contribution < 1.29 is 28.6 Å². The van der Waals surface area contributed by atoms with Crippen LogP contribution >= 0.6 is 0 Å². The van der Waals surface area contributed by atoms with Crippen molar-refractivity contribution in [1.82, 2.24) is 15.0 Å². The predicted octanol–water partition coefficient (Wildman–Crippen LogP) is 10.2. The van der Waals surface area contributed by atoms with Crippen LogP contribution in [-0.2, 0) is 26.5 Å². The monoisotopic (exact) mass is 805 g/mol. The fourth-order valence-electron chi connectivity index (χ4n) is 5.94. The van der Waals surface area contributed by atoms with Crippen LogP contribution in [0, 0.1) is 18.1 Å². The van der Waals surface area contributed by atoms with Crippen molar-refractivity contribution >= 4 is 35.3 Å². The smallest absolute Gasteiger partial charge is 0.216 e. The largest absolute Gasteiger partial charge is 0.486 e. The molecule has 4 aromatic heterocycles. The molecule has 239 valence electrons. The van der Waals surface area contributed by atoms with E-state index >= 15 is 0 Å². The number of fused-ring (bicyclic) bond motifs is 3. The zero-order valence-corrected chi connectivity index (χ0v) is 30.7. The SMILES string of the molecule is [2H]C(C)(C)c1ccc2c(n1)oc1c(-c3ccccn3)[c-]ccc12.[2H]C([2H])(c1cc(-c2[c-]cccc2)ncc1[Si](C)(C)C)C1CCCCC1.[Ir]. The molecule has 4 heterocycles. The van der Waals surface area contributed by atoms with Gasteiger partial charge in [-0.05, 0) is 53.0 Å². The van der Waals surface area contributed by atoms with E-state index in [-0.39, 0.29) is 26.0 Å². The number of hydrogen-bond donors (Lipinski definition) is 0. The van der Waals surface area contributed by atoms with Crippen LogP contribution < -0.4 is 5.19 Å². The van der Waals surface area contributed by atoms with Gasteiger partial charge in [-0.25, -0.2) is 4.98 Å². The summed E-state index contributed by atoms with van der Waals surface area (Å²) in [7, 11) is -1.69. The Kier molecular flexibility index (Phi) is 9.74. The van der Waals surface area contributed by atoms with Gasteiger partial charge in [0, 0.05) is 47.7 Å². The Morgan fingerprint density at radius 1 is 0.913 bits per heavy atom. The zero-order chi connectivity index (χ0) is 34.1. The van der Waals surface area contributed by atoms with Crippen molar-refractivity contribution in [3.8, 4) is 22.5 Å². The van der Waals surface area contributed by atoms with Gasteiger partial charge >= 0.3 is 0 Å². The number of furan rings is 1. The van der Waals surface area contributed by atoms with Gasteiger partial charge in [-0.3, -0.25) is 0 Å². The van der Waals surface area contributed by atoms with E-state index < -0.39 is 20.3 Å². The molecule has 1 aliphatic rings. The normalized spacial score (nSPS) is 15.3. The molecule has 4 nitrogen and oxygen atoms in total. The van der Waals surface area contributed by atoms with Gasteiger partial charge in [0.1, 0.15) is 0 Å². The van der Waals surface area contributed by atoms with Gasteiger partial charge in [0.05, 0.1) is 13.7 Å². The minimum Gasteiger partial charge on any atom is -0.486 e. The number of rotatable bonds is 6. The molecule has 0 amide bonds. The molecular weight excluding hydrogens is 759 g/mol. The van der Waals surface area contributed by atoms with Gasteiger partial charge in [0.15, 0.2) is 0 Å². The van der Waals surface area contributed by atoms with E-state index in [1.54, 1.807) is 6.20 Å². The fourth-order valence-corrected chi connectivity index (χ4v) is 7.35. The summed E-state index contributed by atoms with van der Waals surface area (Å²) in [4.78, 5) is 13.6. The van der Waals surface area contributed by atoms with Crippen molar-refractivity contribution in [2.24, 2.45) is 5.92 Å². The van der Waals surface area contributed by atoms with E-state index in [0.29, 0.717) is 11.4 Å². The van der Waals surface area contributed by atoms with Crippen molar-refractivity contribution in [2.75, 3.05) is 0 Å². The third kappa shape index (κ3) is 7.74. The van der Waals surface area contributed by atoms with E-state index in [2.05, 4.69) is 46.7 Å². The van der Waals surface area contributed by atoms with Crippen LogP contribution in [0.5, 0.6) is 0 Å². The summed E-state index contributed by atoms with van der Waals surface area (Å²) in [6.45, 7) is 10.5. The Morgan fingerprint density at radius 2 is 1.72 bits per heavy atom.